The van der Waals surface area contributed by atoms with Gasteiger partial charge < -0.3 is 9.47 Å². The molecule has 21 heavy (non-hydrogen) atoms. The topological polar surface area (TPSA) is 69.7 Å². The second-order valence-electron chi connectivity index (χ2n) is 5.57. The summed E-state index contributed by atoms with van der Waals surface area (Å²) in [6.45, 7) is 0. The van der Waals surface area contributed by atoms with Crippen LogP contribution in [0.2, 0.25) is 0 Å². The summed E-state index contributed by atoms with van der Waals surface area (Å²) in [6.07, 6.45) is 1.69. The summed E-state index contributed by atoms with van der Waals surface area (Å²) in [5.74, 6) is -1.03. The maximum atomic E-state index is 12.2. The number of hydrogen-bond acceptors (Lipinski definition) is 5. The van der Waals surface area contributed by atoms with Crippen LogP contribution < -0.4 is 0 Å². The highest BCUT2D eigenvalue weighted by Gasteiger charge is 2.53. The van der Waals surface area contributed by atoms with Crippen LogP contribution in [0.4, 0.5) is 0 Å². The lowest BCUT2D eigenvalue weighted by Gasteiger charge is -2.22. The molecule has 0 bridgehead atoms. The van der Waals surface area contributed by atoms with Gasteiger partial charge >= 0.3 is 11.9 Å². The number of fused-ring (bicyclic) bond motifs is 3. The minimum atomic E-state index is -1.31. The van der Waals surface area contributed by atoms with Crippen molar-refractivity contribution >= 4 is 17.7 Å². The summed E-state index contributed by atoms with van der Waals surface area (Å²) in [5.41, 5.74) is 2.26. The van der Waals surface area contributed by atoms with Gasteiger partial charge in [0.25, 0.3) is 0 Å². The molecule has 0 aliphatic heterocycles. The number of Topliss-reactive ketones (excluding diaryl/α,β-unsaturated/α-hetero) is 1. The Morgan fingerprint density at radius 3 is 2.29 bits per heavy atom. The van der Waals surface area contributed by atoms with Crippen molar-refractivity contribution in [3.05, 3.63) is 34.4 Å². The number of benzene rings is 1. The third-order valence-corrected chi connectivity index (χ3v) is 4.55. The van der Waals surface area contributed by atoms with Crippen molar-refractivity contribution in [2.75, 3.05) is 14.2 Å². The largest absolute Gasteiger partial charge is 0.468 e. The lowest BCUT2D eigenvalue weighted by Crippen LogP contribution is -2.42. The highest BCUT2D eigenvalue weighted by Crippen LogP contribution is 2.43. The van der Waals surface area contributed by atoms with Gasteiger partial charge in [-0.05, 0) is 29.5 Å². The molecule has 0 amide bonds. The molecule has 0 fully saturated rings. The molecular formula is C16H16O5. The first-order valence-corrected chi connectivity index (χ1v) is 6.87. The van der Waals surface area contributed by atoms with Gasteiger partial charge in [0, 0.05) is 18.4 Å². The molecule has 0 spiro atoms. The molecule has 5 heteroatoms. The van der Waals surface area contributed by atoms with Crippen molar-refractivity contribution in [2.45, 2.75) is 25.7 Å². The van der Waals surface area contributed by atoms with Gasteiger partial charge in [-0.25, -0.2) is 0 Å². The number of esters is 2. The van der Waals surface area contributed by atoms with Crippen LogP contribution in [0, 0.1) is 5.41 Å². The lowest BCUT2D eigenvalue weighted by atomic mass is 9.84. The second kappa shape index (κ2) is 4.69. The summed E-state index contributed by atoms with van der Waals surface area (Å²) in [5, 5.41) is 0. The van der Waals surface area contributed by atoms with Crippen molar-refractivity contribution in [3.63, 3.8) is 0 Å². The van der Waals surface area contributed by atoms with E-state index in [-0.39, 0.29) is 18.6 Å². The average molecular weight is 288 g/mol. The van der Waals surface area contributed by atoms with Gasteiger partial charge in [-0.15, -0.1) is 0 Å². The van der Waals surface area contributed by atoms with E-state index in [4.69, 9.17) is 9.47 Å². The molecule has 0 saturated carbocycles. The Kier molecular flexibility index (Phi) is 3.08. The van der Waals surface area contributed by atoms with Crippen molar-refractivity contribution < 1.29 is 23.9 Å². The minimum Gasteiger partial charge on any atom is -0.468 e. The number of carbonyl (C=O) groups is 3. The number of ketones is 1. The molecule has 2 aliphatic carbocycles. The van der Waals surface area contributed by atoms with Crippen molar-refractivity contribution in [1.82, 2.24) is 0 Å². The normalized spacial score (nSPS) is 18.1. The molecule has 0 atom stereocenters. The molecule has 1 aromatic carbocycles. The monoisotopic (exact) mass is 288 g/mol. The Labute approximate surface area is 122 Å². The smallest absolute Gasteiger partial charge is 0.323 e. The van der Waals surface area contributed by atoms with Gasteiger partial charge in [-0.3, -0.25) is 14.4 Å². The van der Waals surface area contributed by atoms with E-state index in [2.05, 4.69) is 0 Å². The first kappa shape index (κ1) is 13.8. The fraction of sp³-hybridized carbons (Fsp3) is 0.438. The summed E-state index contributed by atoms with van der Waals surface area (Å²) in [4.78, 5) is 36.2. The molecule has 2 aliphatic rings. The highest BCUT2D eigenvalue weighted by molar-refractivity contribution is 6.03. The van der Waals surface area contributed by atoms with Crippen molar-refractivity contribution in [2.24, 2.45) is 5.41 Å². The van der Waals surface area contributed by atoms with E-state index in [9.17, 15) is 14.4 Å². The van der Waals surface area contributed by atoms with Gasteiger partial charge in [0.1, 0.15) is 0 Å². The zero-order valence-electron chi connectivity index (χ0n) is 12.0. The Bertz CT molecular complexity index is 643. The Balaban J connectivity index is 2.09. The summed E-state index contributed by atoms with van der Waals surface area (Å²) >= 11 is 0. The van der Waals surface area contributed by atoms with Crippen LogP contribution in [0.1, 0.15) is 33.5 Å². The van der Waals surface area contributed by atoms with E-state index < -0.39 is 17.4 Å². The Morgan fingerprint density at radius 2 is 1.67 bits per heavy atom. The van der Waals surface area contributed by atoms with Crippen molar-refractivity contribution in [1.29, 1.82) is 0 Å². The zero-order chi connectivity index (χ0) is 15.2. The quantitative estimate of drug-likeness (QED) is 0.605. The van der Waals surface area contributed by atoms with E-state index in [0.717, 1.165) is 22.3 Å². The molecule has 0 heterocycles. The Morgan fingerprint density at radius 1 is 1.00 bits per heavy atom. The first-order chi connectivity index (χ1) is 10.0. The summed E-state index contributed by atoms with van der Waals surface area (Å²) in [6, 6.07) is 3.64. The van der Waals surface area contributed by atoms with Gasteiger partial charge in [0.05, 0.1) is 14.2 Å². The van der Waals surface area contributed by atoms with Crippen LogP contribution >= 0.6 is 0 Å². The molecule has 1 aromatic rings. The molecule has 3 rings (SSSR count). The third-order valence-electron chi connectivity index (χ3n) is 4.55. The van der Waals surface area contributed by atoms with E-state index >= 15 is 0 Å². The molecule has 0 N–H and O–H groups in total. The van der Waals surface area contributed by atoms with Gasteiger partial charge in [-0.2, -0.15) is 0 Å². The van der Waals surface area contributed by atoms with Crippen LogP contribution in [-0.2, 0) is 38.3 Å². The maximum Gasteiger partial charge on any atom is 0.323 e. The predicted octanol–water partition coefficient (Wildman–Crippen LogP) is 1.25. The molecule has 0 saturated heterocycles. The molecule has 0 radical (unpaired) electrons. The third kappa shape index (κ3) is 1.80. The lowest BCUT2D eigenvalue weighted by molar-refractivity contribution is -0.168. The van der Waals surface area contributed by atoms with Crippen molar-refractivity contribution in [3.8, 4) is 0 Å². The molecule has 0 aromatic heterocycles. The summed E-state index contributed by atoms with van der Waals surface area (Å²) in [7, 11) is 2.54. The van der Waals surface area contributed by atoms with E-state index in [0.29, 0.717) is 12.8 Å². The van der Waals surface area contributed by atoms with Crippen LogP contribution in [0.15, 0.2) is 12.1 Å². The van der Waals surface area contributed by atoms with Crippen LogP contribution in [0.3, 0.4) is 0 Å². The van der Waals surface area contributed by atoms with E-state index in [1.165, 1.54) is 14.2 Å². The van der Waals surface area contributed by atoms with Crippen LogP contribution in [0.5, 0.6) is 0 Å². The van der Waals surface area contributed by atoms with E-state index in [1.54, 1.807) is 6.07 Å². The number of hydrogen-bond donors (Lipinski definition) is 0. The summed E-state index contributed by atoms with van der Waals surface area (Å²) < 4.78 is 9.65. The first-order valence-electron chi connectivity index (χ1n) is 6.87. The average Bonchev–Trinajstić information content (AvgIpc) is 3.07. The number of rotatable bonds is 2. The van der Waals surface area contributed by atoms with Gasteiger partial charge in [0.15, 0.2) is 11.2 Å². The van der Waals surface area contributed by atoms with Gasteiger partial charge in [-0.1, -0.05) is 12.1 Å². The number of carbonyl (C=O) groups excluding carboxylic acids is 3. The maximum absolute atomic E-state index is 12.2. The molecular weight excluding hydrogens is 272 g/mol. The minimum absolute atomic E-state index is 0.126. The zero-order valence-corrected chi connectivity index (χ0v) is 12.0. The van der Waals surface area contributed by atoms with Crippen LogP contribution in [-0.4, -0.2) is 31.9 Å². The standard InChI is InChI=1S/C16H16O5/c1-20-14(18)16(15(19)21-2)7-9-3-4-11-10(12(9)8-16)5-6-13(11)17/h3-4H,5-8H2,1-2H3. The predicted molar refractivity (Wildman–Crippen MR) is 73.0 cm³/mol. The Hall–Kier alpha value is -2.17. The SMILES string of the molecule is COC(=O)C1(C(=O)OC)Cc2ccc3c(c2C1)CCC3=O. The molecule has 110 valence electrons. The van der Waals surface area contributed by atoms with E-state index in [1.807, 2.05) is 6.07 Å². The fourth-order valence-electron chi connectivity index (χ4n) is 3.50. The number of ether oxygens (including phenoxy) is 2. The van der Waals surface area contributed by atoms with Crippen LogP contribution in [0.25, 0.3) is 0 Å². The molecule has 0 unspecified atom stereocenters. The highest BCUT2D eigenvalue weighted by atomic mass is 16.5. The molecule has 5 nitrogen and oxygen atoms in total. The fourth-order valence-corrected chi connectivity index (χ4v) is 3.50. The van der Waals surface area contributed by atoms with Gasteiger partial charge in [0.2, 0.25) is 0 Å². The number of methoxy groups -OCH3 is 2. The second-order valence-corrected chi connectivity index (χ2v) is 5.57.